The van der Waals surface area contributed by atoms with E-state index in [-0.39, 0.29) is 30.3 Å². The van der Waals surface area contributed by atoms with Gasteiger partial charge in [0.2, 0.25) is 5.91 Å². The summed E-state index contributed by atoms with van der Waals surface area (Å²) < 4.78 is 0. The van der Waals surface area contributed by atoms with Crippen molar-refractivity contribution in [2.45, 2.75) is 18.9 Å². The summed E-state index contributed by atoms with van der Waals surface area (Å²) in [5.74, 6) is -0.477. The van der Waals surface area contributed by atoms with Gasteiger partial charge in [0.1, 0.15) is 0 Å². The molecule has 0 aliphatic carbocycles. The topological polar surface area (TPSA) is 81.8 Å². The number of nitrogens with zero attached hydrogens (tertiary/aromatic N) is 2. The lowest BCUT2D eigenvalue weighted by Crippen LogP contribution is -2.48. The minimum absolute atomic E-state index is 0.00583. The Morgan fingerprint density at radius 3 is 2.17 bits per heavy atom. The van der Waals surface area contributed by atoms with Gasteiger partial charge in [-0.15, -0.1) is 0 Å². The second-order valence-electron chi connectivity index (χ2n) is 7.62. The second kappa shape index (κ2) is 9.91. The van der Waals surface area contributed by atoms with Crippen LogP contribution < -0.4 is 15.5 Å². The zero-order valence-corrected chi connectivity index (χ0v) is 17.4. The lowest BCUT2D eigenvalue weighted by Gasteiger charge is -2.32. The van der Waals surface area contributed by atoms with E-state index in [0.29, 0.717) is 37.1 Å². The van der Waals surface area contributed by atoms with Crippen LogP contribution in [-0.2, 0) is 4.79 Å². The van der Waals surface area contributed by atoms with E-state index in [2.05, 4.69) is 10.6 Å². The van der Waals surface area contributed by atoms with Crippen LogP contribution in [0, 0.1) is 0 Å². The average molecular weight is 409 g/mol. The molecule has 0 unspecified atom stereocenters. The maximum absolute atomic E-state index is 12.7. The highest BCUT2D eigenvalue weighted by atomic mass is 16.2. The number of carbonyl (C=O) groups is 3. The molecular formula is C23H28N4O3. The van der Waals surface area contributed by atoms with Gasteiger partial charge in [-0.05, 0) is 49.2 Å². The monoisotopic (exact) mass is 408 g/mol. The summed E-state index contributed by atoms with van der Waals surface area (Å²) in [6.07, 6.45) is 1.39. The van der Waals surface area contributed by atoms with Gasteiger partial charge in [0.15, 0.2) is 0 Å². The van der Waals surface area contributed by atoms with Crippen LogP contribution in [0.4, 0.5) is 5.69 Å². The van der Waals surface area contributed by atoms with Crippen molar-refractivity contribution in [1.82, 2.24) is 15.5 Å². The van der Waals surface area contributed by atoms with Crippen LogP contribution in [-0.4, -0.2) is 62.4 Å². The quantitative estimate of drug-likeness (QED) is 0.765. The van der Waals surface area contributed by atoms with E-state index < -0.39 is 0 Å². The SMILES string of the molecule is CN(C)c1ccc(C(=O)N2CCC(NC(=O)CNC(=O)c3ccccc3)CC2)cc1. The molecule has 0 saturated carbocycles. The number of benzene rings is 2. The maximum Gasteiger partial charge on any atom is 0.253 e. The number of likely N-dealkylation sites (tertiary alicyclic amines) is 1. The van der Waals surface area contributed by atoms with Crippen LogP contribution >= 0.6 is 0 Å². The fourth-order valence-corrected chi connectivity index (χ4v) is 3.44. The van der Waals surface area contributed by atoms with E-state index in [1.54, 1.807) is 24.3 Å². The molecule has 0 spiro atoms. The molecule has 7 heteroatoms. The number of nitrogens with one attached hydrogen (secondary N) is 2. The molecule has 2 N–H and O–H groups in total. The van der Waals surface area contributed by atoms with Crippen LogP contribution in [0.1, 0.15) is 33.6 Å². The minimum Gasteiger partial charge on any atom is -0.378 e. The second-order valence-corrected chi connectivity index (χ2v) is 7.62. The molecule has 0 radical (unpaired) electrons. The molecule has 0 atom stereocenters. The van der Waals surface area contributed by atoms with Crippen LogP contribution in [0.2, 0.25) is 0 Å². The van der Waals surface area contributed by atoms with Crippen molar-refractivity contribution >= 4 is 23.4 Å². The molecule has 0 bridgehead atoms. The highest BCUT2D eigenvalue weighted by Crippen LogP contribution is 2.17. The Labute approximate surface area is 177 Å². The third-order valence-electron chi connectivity index (χ3n) is 5.22. The molecule has 1 aliphatic rings. The van der Waals surface area contributed by atoms with Gasteiger partial charge in [-0.3, -0.25) is 14.4 Å². The van der Waals surface area contributed by atoms with Gasteiger partial charge >= 0.3 is 0 Å². The largest absolute Gasteiger partial charge is 0.378 e. The summed E-state index contributed by atoms with van der Waals surface area (Å²) in [5.41, 5.74) is 2.25. The summed E-state index contributed by atoms with van der Waals surface area (Å²) in [4.78, 5) is 40.7. The minimum atomic E-state index is -0.272. The van der Waals surface area contributed by atoms with Gasteiger partial charge in [0.25, 0.3) is 11.8 Å². The number of piperidine rings is 1. The first kappa shape index (κ1) is 21.4. The van der Waals surface area contributed by atoms with E-state index in [1.165, 1.54) is 0 Å². The van der Waals surface area contributed by atoms with Gasteiger partial charge in [-0.1, -0.05) is 18.2 Å². The molecule has 1 saturated heterocycles. The van der Waals surface area contributed by atoms with Gasteiger partial charge in [0, 0.05) is 50.0 Å². The summed E-state index contributed by atoms with van der Waals surface area (Å²) in [6, 6.07) is 16.4. The first-order valence-electron chi connectivity index (χ1n) is 10.1. The smallest absolute Gasteiger partial charge is 0.253 e. The Kier molecular flexibility index (Phi) is 7.06. The molecular weight excluding hydrogens is 380 g/mol. The number of carbonyl (C=O) groups excluding carboxylic acids is 3. The highest BCUT2D eigenvalue weighted by Gasteiger charge is 2.24. The van der Waals surface area contributed by atoms with E-state index in [1.807, 2.05) is 54.2 Å². The predicted molar refractivity (Wildman–Crippen MR) is 117 cm³/mol. The summed E-state index contributed by atoms with van der Waals surface area (Å²) >= 11 is 0. The standard InChI is InChI=1S/C23H28N4O3/c1-26(2)20-10-8-18(9-11-20)23(30)27-14-12-19(13-15-27)25-21(28)16-24-22(29)17-6-4-3-5-7-17/h3-11,19H,12-16H2,1-2H3,(H,24,29)(H,25,28). The number of hydrogen-bond acceptors (Lipinski definition) is 4. The van der Waals surface area contributed by atoms with E-state index >= 15 is 0 Å². The molecule has 2 aromatic rings. The molecule has 158 valence electrons. The van der Waals surface area contributed by atoms with Gasteiger partial charge < -0.3 is 20.4 Å². The zero-order valence-electron chi connectivity index (χ0n) is 17.4. The molecule has 0 aromatic heterocycles. The maximum atomic E-state index is 12.7. The third kappa shape index (κ3) is 5.59. The fraction of sp³-hybridized carbons (Fsp3) is 0.348. The van der Waals surface area contributed by atoms with Crippen LogP contribution in [0.15, 0.2) is 54.6 Å². The lowest BCUT2D eigenvalue weighted by molar-refractivity contribution is -0.121. The van der Waals surface area contributed by atoms with Crippen molar-refractivity contribution in [2.75, 3.05) is 38.6 Å². The summed E-state index contributed by atoms with van der Waals surface area (Å²) in [7, 11) is 3.92. The van der Waals surface area contributed by atoms with Crippen molar-refractivity contribution in [3.05, 3.63) is 65.7 Å². The van der Waals surface area contributed by atoms with Crippen LogP contribution in [0.3, 0.4) is 0 Å². The van der Waals surface area contributed by atoms with Crippen LogP contribution in [0.25, 0.3) is 0 Å². The Balaban J connectivity index is 1.42. The van der Waals surface area contributed by atoms with E-state index in [0.717, 1.165) is 5.69 Å². The normalized spacial score (nSPS) is 14.1. The molecule has 3 amide bonds. The van der Waals surface area contributed by atoms with Crippen molar-refractivity contribution in [1.29, 1.82) is 0 Å². The Morgan fingerprint density at radius 2 is 1.57 bits per heavy atom. The lowest BCUT2D eigenvalue weighted by atomic mass is 10.0. The number of hydrogen-bond donors (Lipinski definition) is 2. The molecule has 3 rings (SSSR count). The summed E-state index contributed by atoms with van der Waals surface area (Å²) in [6.45, 7) is 1.12. The van der Waals surface area contributed by atoms with Gasteiger partial charge in [0.05, 0.1) is 6.54 Å². The number of anilines is 1. The molecule has 7 nitrogen and oxygen atoms in total. The first-order chi connectivity index (χ1) is 14.4. The molecule has 1 fully saturated rings. The van der Waals surface area contributed by atoms with Crippen LogP contribution in [0.5, 0.6) is 0 Å². The molecule has 2 aromatic carbocycles. The van der Waals surface area contributed by atoms with Gasteiger partial charge in [-0.2, -0.15) is 0 Å². The van der Waals surface area contributed by atoms with E-state index in [4.69, 9.17) is 0 Å². The Hall–Kier alpha value is -3.35. The number of amides is 3. The predicted octanol–water partition coefficient (Wildman–Crippen LogP) is 1.90. The Morgan fingerprint density at radius 1 is 0.933 bits per heavy atom. The van der Waals surface area contributed by atoms with Crippen molar-refractivity contribution < 1.29 is 14.4 Å². The third-order valence-corrected chi connectivity index (χ3v) is 5.22. The van der Waals surface area contributed by atoms with Crippen molar-refractivity contribution in [3.63, 3.8) is 0 Å². The molecule has 1 heterocycles. The first-order valence-corrected chi connectivity index (χ1v) is 10.1. The van der Waals surface area contributed by atoms with E-state index in [9.17, 15) is 14.4 Å². The summed E-state index contributed by atoms with van der Waals surface area (Å²) in [5, 5.41) is 5.58. The molecule has 1 aliphatic heterocycles. The number of rotatable bonds is 6. The molecule has 30 heavy (non-hydrogen) atoms. The van der Waals surface area contributed by atoms with Crippen molar-refractivity contribution in [3.8, 4) is 0 Å². The average Bonchev–Trinajstić information content (AvgIpc) is 2.78. The zero-order chi connectivity index (χ0) is 21.5. The van der Waals surface area contributed by atoms with Crippen molar-refractivity contribution in [2.24, 2.45) is 0 Å². The highest BCUT2D eigenvalue weighted by molar-refractivity contribution is 5.96. The Bertz CT molecular complexity index is 873. The fourth-order valence-electron chi connectivity index (χ4n) is 3.44. The van der Waals surface area contributed by atoms with Gasteiger partial charge in [-0.25, -0.2) is 0 Å².